The minimum atomic E-state index is 0.804. The molecule has 0 amide bonds. The molecule has 1 N–H and O–H groups in total. The number of hydrogen-bond acceptors (Lipinski definition) is 2. The summed E-state index contributed by atoms with van der Waals surface area (Å²) in [7, 11) is 1.97. The van der Waals surface area contributed by atoms with Gasteiger partial charge in [-0.25, -0.2) is 0 Å². The van der Waals surface area contributed by atoms with Crippen LogP contribution in [0.2, 0.25) is 0 Å². The van der Waals surface area contributed by atoms with E-state index in [-0.39, 0.29) is 0 Å². The van der Waals surface area contributed by atoms with Gasteiger partial charge in [-0.05, 0) is 31.1 Å². The molecule has 0 heterocycles. The molecule has 0 saturated heterocycles. The van der Waals surface area contributed by atoms with E-state index in [4.69, 9.17) is 0 Å². The molecule has 0 spiro atoms. The molecule has 2 heteroatoms. The van der Waals surface area contributed by atoms with Crippen LogP contribution in [-0.2, 0) is 5.75 Å². The molecule has 14 heavy (non-hydrogen) atoms. The Morgan fingerprint density at radius 2 is 2.29 bits per heavy atom. The maximum absolute atomic E-state index is 4.25. The number of benzene rings is 1. The molecule has 0 fully saturated rings. The Morgan fingerprint density at radius 3 is 3.00 bits per heavy atom. The van der Waals surface area contributed by atoms with E-state index in [0.29, 0.717) is 0 Å². The minimum Gasteiger partial charge on any atom is -0.319 e. The Balaban J connectivity index is 2.53. The topological polar surface area (TPSA) is 12.0 Å². The van der Waals surface area contributed by atoms with E-state index in [0.717, 1.165) is 18.7 Å². The van der Waals surface area contributed by atoms with Gasteiger partial charge in [0.15, 0.2) is 0 Å². The summed E-state index contributed by atoms with van der Waals surface area (Å²) in [6.45, 7) is 1.03. The molecule has 0 unspecified atom stereocenters. The zero-order chi connectivity index (χ0) is 10.2. The normalized spacial score (nSPS) is 11.0. The van der Waals surface area contributed by atoms with Gasteiger partial charge in [-0.1, -0.05) is 36.4 Å². The predicted octanol–water partition coefficient (Wildman–Crippen LogP) is 2.74. The lowest BCUT2D eigenvalue weighted by molar-refractivity contribution is 0.809. The van der Waals surface area contributed by atoms with Gasteiger partial charge in [-0.2, -0.15) is 12.6 Å². The third-order valence-electron chi connectivity index (χ3n) is 2.00. The highest BCUT2D eigenvalue weighted by molar-refractivity contribution is 7.79. The van der Waals surface area contributed by atoms with Gasteiger partial charge < -0.3 is 5.32 Å². The standard InChI is InChI=1S/C12H17NS/c1-13-8-3-2-5-11-6-4-7-12(9-11)10-14/h2,4-7,9,13-14H,3,8,10H2,1H3. The highest BCUT2D eigenvalue weighted by Gasteiger charge is 1.89. The van der Waals surface area contributed by atoms with Crippen molar-refractivity contribution in [1.82, 2.24) is 5.32 Å². The Hall–Kier alpha value is -0.730. The van der Waals surface area contributed by atoms with Gasteiger partial charge in [0.2, 0.25) is 0 Å². The van der Waals surface area contributed by atoms with Crippen LogP contribution in [0.25, 0.3) is 6.08 Å². The van der Waals surface area contributed by atoms with Gasteiger partial charge in [0, 0.05) is 5.75 Å². The monoisotopic (exact) mass is 207 g/mol. The van der Waals surface area contributed by atoms with Gasteiger partial charge in [0.25, 0.3) is 0 Å². The van der Waals surface area contributed by atoms with E-state index in [1.165, 1.54) is 11.1 Å². The summed E-state index contributed by atoms with van der Waals surface area (Å²) < 4.78 is 0. The van der Waals surface area contributed by atoms with Crippen molar-refractivity contribution in [1.29, 1.82) is 0 Å². The van der Waals surface area contributed by atoms with Crippen molar-refractivity contribution in [3.63, 3.8) is 0 Å². The van der Waals surface area contributed by atoms with Crippen molar-refractivity contribution in [3.05, 3.63) is 41.5 Å². The lowest BCUT2D eigenvalue weighted by Gasteiger charge is -1.98. The van der Waals surface area contributed by atoms with Crippen LogP contribution in [0.1, 0.15) is 17.5 Å². The molecule has 0 aliphatic rings. The molecule has 0 bridgehead atoms. The fourth-order valence-corrected chi connectivity index (χ4v) is 1.44. The smallest absolute Gasteiger partial charge is 0.0154 e. The van der Waals surface area contributed by atoms with Crippen molar-refractivity contribution in [2.24, 2.45) is 0 Å². The van der Waals surface area contributed by atoms with E-state index in [1.54, 1.807) is 0 Å². The second-order valence-electron chi connectivity index (χ2n) is 3.20. The minimum absolute atomic E-state index is 0.804. The summed E-state index contributed by atoms with van der Waals surface area (Å²) in [6.07, 6.45) is 5.42. The molecule has 1 aromatic carbocycles. The molecule has 0 saturated carbocycles. The number of rotatable bonds is 5. The molecule has 0 aliphatic heterocycles. The first-order valence-corrected chi connectivity index (χ1v) is 5.51. The SMILES string of the molecule is CNCCC=Cc1cccc(CS)c1. The molecule has 0 aliphatic carbocycles. The first-order chi connectivity index (χ1) is 6.86. The van der Waals surface area contributed by atoms with Gasteiger partial charge in [-0.3, -0.25) is 0 Å². The van der Waals surface area contributed by atoms with Crippen LogP contribution >= 0.6 is 12.6 Å². The van der Waals surface area contributed by atoms with E-state index >= 15 is 0 Å². The molecule has 0 aromatic heterocycles. The quantitative estimate of drug-likeness (QED) is 0.559. The van der Waals surface area contributed by atoms with Crippen molar-refractivity contribution < 1.29 is 0 Å². The predicted molar refractivity (Wildman–Crippen MR) is 66.7 cm³/mol. The summed E-state index contributed by atoms with van der Waals surface area (Å²) in [5, 5.41) is 3.11. The molecule has 1 nitrogen and oxygen atoms in total. The van der Waals surface area contributed by atoms with Crippen LogP contribution in [0.3, 0.4) is 0 Å². The second kappa shape index (κ2) is 6.68. The zero-order valence-corrected chi connectivity index (χ0v) is 9.43. The van der Waals surface area contributed by atoms with Crippen LogP contribution in [-0.4, -0.2) is 13.6 Å². The maximum atomic E-state index is 4.25. The first-order valence-electron chi connectivity index (χ1n) is 4.87. The zero-order valence-electron chi connectivity index (χ0n) is 8.53. The largest absolute Gasteiger partial charge is 0.319 e. The van der Waals surface area contributed by atoms with Crippen molar-refractivity contribution in [2.45, 2.75) is 12.2 Å². The summed E-state index contributed by atoms with van der Waals surface area (Å²) in [5.41, 5.74) is 2.52. The number of hydrogen-bond donors (Lipinski definition) is 2. The maximum Gasteiger partial charge on any atom is 0.0154 e. The summed E-state index contributed by atoms with van der Waals surface area (Å²) in [5.74, 6) is 0.804. The van der Waals surface area contributed by atoms with Crippen LogP contribution < -0.4 is 5.32 Å². The fraction of sp³-hybridized carbons (Fsp3) is 0.333. The third kappa shape index (κ3) is 3.99. The Kier molecular flexibility index (Phi) is 5.42. The summed E-state index contributed by atoms with van der Waals surface area (Å²) >= 11 is 4.25. The number of thiol groups is 1. The van der Waals surface area contributed by atoms with E-state index < -0.39 is 0 Å². The number of nitrogens with one attached hydrogen (secondary N) is 1. The molecule has 1 rings (SSSR count). The Morgan fingerprint density at radius 1 is 1.43 bits per heavy atom. The molecular formula is C12H17NS. The van der Waals surface area contributed by atoms with Crippen LogP contribution in [0.4, 0.5) is 0 Å². The highest BCUT2D eigenvalue weighted by atomic mass is 32.1. The Bertz CT molecular complexity index is 294. The Labute approximate surface area is 91.6 Å². The average molecular weight is 207 g/mol. The van der Waals surface area contributed by atoms with Crippen LogP contribution in [0.15, 0.2) is 30.3 Å². The van der Waals surface area contributed by atoms with Gasteiger partial charge >= 0.3 is 0 Å². The lowest BCUT2D eigenvalue weighted by Crippen LogP contribution is -2.05. The van der Waals surface area contributed by atoms with Gasteiger partial charge in [0.1, 0.15) is 0 Å². The highest BCUT2D eigenvalue weighted by Crippen LogP contribution is 2.09. The van der Waals surface area contributed by atoms with Gasteiger partial charge in [0.05, 0.1) is 0 Å². The third-order valence-corrected chi connectivity index (χ3v) is 2.37. The first kappa shape index (κ1) is 11.3. The van der Waals surface area contributed by atoms with Crippen LogP contribution in [0, 0.1) is 0 Å². The molecule has 0 radical (unpaired) electrons. The van der Waals surface area contributed by atoms with E-state index in [1.807, 2.05) is 7.05 Å². The van der Waals surface area contributed by atoms with Crippen LogP contribution in [0.5, 0.6) is 0 Å². The second-order valence-corrected chi connectivity index (χ2v) is 3.51. The van der Waals surface area contributed by atoms with E-state index in [9.17, 15) is 0 Å². The van der Waals surface area contributed by atoms with Crippen molar-refractivity contribution >= 4 is 18.7 Å². The van der Waals surface area contributed by atoms with Crippen molar-refractivity contribution in [3.8, 4) is 0 Å². The summed E-state index contributed by atoms with van der Waals surface area (Å²) in [4.78, 5) is 0. The van der Waals surface area contributed by atoms with Gasteiger partial charge in [-0.15, -0.1) is 0 Å². The molecule has 76 valence electrons. The fourth-order valence-electron chi connectivity index (χ4n) is 1.24. The van der Waals surface area contributed by atoms with Crippen molar-refractivity contribution in [2.75, 3.05) is 13.6 Å². The lowest BCUT2D eigenvalue weighted by atomic mass is 10.1. The molecule has 1 aromatic rings. The molecule has 0 atom stereocenters. The average Bonchev–Trinajstić information content (AvgIpc) is 2.25. The summed E-state index contributed by atoms with van der Waals surface area (Å²) in [6, 6.07) is 8.45. The molecular weight excluding hydrogens is 190 g/mol. The van der Waals surface area contributed by atoms with E-state index in [2.05, 4.69) is 54.4 Å².